The fraction of sp³-hybridized carbons (Fsp3) is 0.524. The van der Waals surface area contributed by atoms with Crippen molar-refractivity contribution in [3.63, 3.8) is 0 Å². The van der Waals surface area contributed by atoms with E-state index in [2.05, 4.69) is 5.32 Å². The Morgan fingerprint density at radius 1 is 0.840 bits per heavy atom. The predicted octanol–water partition coefficient (Wildman–Crippen LogP) is 5.56. The zero-order valence-electron chi connectivity index (χ0n) is 15.1. The van der Waals surface area contributed by atoms with E-state index in [0.717, 1.165) is 37.8 Å². The summed E-state index contributed by atoms with van der Waals surface area (Å²) in [5.74, 6) is -0.763. The van der Waals surface area contributed by atoms with Gasteiger partial charge in [0.1, 0.15) is 0 Å². The molecule has 0 unspecified atom stereocenters. The van der Waals surface area contributed by atoms with Crippen LogP contribution >= 0.6 is 0 Å². The van der Waals surface area contributed by atoms with Crippen LogP contribution in [0.4, 0.5) is 5.69 Å². The Hall–Kier alpha value is -2.10. The van der Waals surface area contributed by atoms with Crippen LogP contribution in [-0.2, 0) is 9.59 Å². The SMILES string of the molecule is O=C(O)CCCCCCCCCCCC=CC(=O)Nc1ccccc1. The summed E-state index contributed by atoms with van der Waals surface area (Å²) in [5.41, 5.74) is 0.820. The molecule has 0 aliphatic carbocycles. The standard InChI is InChI=1S/C21H31NO3/c23-20(22-19-15-11-10-12-16-19)17-13-8-6-4-2-1-3-5-7-9-14-18-21(24)25/h10-13,15-17H,1-9,14,18H2,(H,22,23)(H,24,25). The number of aliphatic carboxylic acids is 1. The van der Waals surface area contributed by atoms with Crippen molar-refractivity contribution in [1.82, 2.24) is 0 Å². The van der Waals surface area contributed by atoms with Crippen LogP contribution in [0, 0.1) is 0 Å². The van der Waals surface area contributed by atoms with Gasteiger partial charge in [-0.3, -0.25) is 9.59 Å². The van der Waals surface area contributed by atoms with Crippen LogP contribution in [-0.4, -0.2) is 17.0 Å². The summed E-state index contributed by atoms with van der Waals surface area (Å²) in [7, 11) is 0. The Labute approximate surface area is 151 Å². The van der Waals surface area contributed by atoms with E-state index < -0.39 is 5.97 Å². The molecule has 1 amide bonds. The van der Waals surface area contributed by atoms with Crippen LogP contribution in [0.3, 0.4) is 0 Å². The van der Waals surface area contributed by atoms with E-state index in [9.17, 15) is 9.59 Å². The Kier molecular flexibility index (Phi) is 11.9. The largest absolute Gasteiger partial charge is 0.481 e. The highest BCUT2D eigenvalue weighted by Gasteiger charge is 1.97. The maximum absolute atomic E-state index is 11.7. The number of carboxylic acids is 1. The fourth-order valence-electron chi connectivity index (χ4n) is 2.67. The number of carboxylic acid groups (broad SMARTS) is 1. The molecule has 1 aromatic rings. The molecular weight excluding hydrogens is 314 g/mol. The van der Waals surface area contributed by atoms with Gasteiger partial charge in [-0.1, -0.05) is 69.2 Å². The van der Waals surface area contributed by atoms with Gasteiger partial charge in [0.15, 0.2) is 0 Å². The van der Waals surface area contributed by atoms with Crippen LogP contribution in [0.2, 0.25) is 0 Å². The van der Waals surface area contributed by atoms with Crippen LogP contribution in [0.5, 0.6) is 0 Å². The topological polar surface area (TPSA) is 66.4 Å². The van der Waals surface area contributed by atoms with Gasteiger partial charge < -0.3 is 10.4 Å². The monoisotopic (exact) mass is 345 g/mol. The van der Waals surface area contributed by atoms with Crippen molar-refractivity contribution in [3.8, 4) is 0 Å². The van der Waals surface area contributed by atoms with Crippen molar-refractivity contribution < 1.29 is 14.7 Å². The Morgan fingerprint density at radius 3 is 2.00 bits per heavy atom. The highest BCUT2D eigenvalue weighted by molar-refractivity contribution is 5.99. The summed E-state index contributed by atoms with van der Waals surface area (Å²) in [4.78, 5) is 22.1. The molecular formula is C21H31NO3. The molecule has 138 valence electrons. The van der Waals surface area contributed by atoms with E-state index in [1.54, 1.807) is 6.08 Å². The van der Waals surface area contributed by atoms with E-state index in [4.69, 9.17) is 5.11 Å². The van der Waals surface area contributed by atoms with E-state index in [-0.39, 0.29) is 5.91 Å². The molecule has 0 aromatic heterocycles. The molecule has 0 atom stereocenters. The van der Waals surface area contributed by atoms with Crippen LogP contribution < -0.4 is 5.32 Å². The first kappa shape index (κ1) is 20.9. The molecule has 2 N–H and O–H groups in total. The number of unbranched alkanes of at least 4 members (excludes halogenated alkanes) is 9. The number of hydrogen-bond acceptors (Lipinski definition) is 2. The van der Waals surface area contributed by atoms with Crippen molar-refractivity contribution in [3.05, 3.63) is 42.5 Å². The van der Waals surface area contributed by atoms with Crippen molar-refractivity contribution in [2.45, 2.75) is 70.6 Å². The van der Waals surface area contributed by atoms with Gasteiger partial charge in [0.25, 0.3) is 0 Å². The summed E-state index contributed by atoms with van der Waals surface area (Å²) in [5, 5.41) is 11.4. The predicted molar refractivity (Wildman–Crippen MR) is 103 cm³/mol. The van der Waals surface area contributed by atoms with Gasteiger partial charge in [-0.2, -0.15) is 0 Å². The first-order valence-electron chi connectivity index (χ1n) is 9.43. The Balaban J connectivity index is 1.88. The number of hydrogen-bond donors (Lipinski definition) is 2. The average molecular weight is 345 g/mol. The molecule has 0 bridgehead atoms. The molecule has 0 heterocycles. The molecule has 0 aliphatic rings. The molecule has 25 heavy (non-hydrogen) atoms. The van der Waals surface area contributed by atoms with Gasteiger partial charge in [0, 0.05) is 12.1 Å². The fourth-order valence-corrected chi connectivity index (χ4v) is 2.67. The molecule has 0 aliphatic heterocycles. The van der Waals surface area contributed by atoms with Gasteiger partial charge in [0.2, 0.25) is 5.91 Å². The summed E-state index contributed by atoms with van der Waals surface area (Å²) in [6.45, 7) is 0. The molecule has 0 saturated heterocycles. The van der Waals surface area contributed by atoms with E-state index >= 15 is 0 Å². The van der Waals surface area contributed by atoms with Gasteiger partial charge >= 0.3 is 5.97 Å². The number of anilines is 1. The van der Waals surface area contributed by atoms with E-state index in [0.29, 0.717) is 6.42 Å². The minimum atomic E-state index is -0.688. The number of amides is 1. The van der Waals surface area contributed by atoms with Crippen molar-refractivity contribution in [1.29, 1.82) is 0 Å². The third-order valence-electron chi connectivity index (χ3n) is 4.07. The number of carbonyl (C=O) groups is 2. The summed E-state index contributed by atoms with van der Waals surface area (Å²) in [6, 6.07) is 9.46. The van der Waals surface area contributed by atoms with Crippen molar-refractivity contribution in [2.75, 3.05) is 5.32 Å². The van der Waals surface area contributed by atoms with Gasteiger partial charge in [0.05, 0.1) is 0 Å². The van der Waals surface area contributed by atoms with Gasteiger partial charge in [-0.15, -0.1) is 0 Å². The molecule has 0 radical (unpaired) electrons. The molecule has 1 rings (SSSR count). The third kappa shape index (κ3) is 12.9. The molecule has 0 spiro atoms. The highest BCUT2D eigenvalue weighted by Crippen LogP contribution is 2.11. The average Bonchev–Trinajstić information content (AvgIpc) is 2.59. The van der Waals surface area contributed by atoms with Crippen LogP contribution in [0.25, 0.3) is 0 Å². The molecule has 0 saturated carbocycles. The summed E-state index contributed by atoms with van der Waals surface area (Å²) >= 11 is 0. The first-order chi connectivity index (χ1) is 12.2. The molecule has 4 nitrogen and oxygen atoms in total. The van der Waals surface area contributed by atoms with Crippen LogP contribution in [0.1, 0.15) is 70.6 Å². The summed E-state index contributed by atoms with van der Waals surface area (Å²) in [6.07, 6.45) is 15.0. The first-order valence-corrected chi connectivity index (χ1v) is 9.43. The van der Waals surface area contributed by atoms with Crippen LogP contribution in [0.15, 0.2) is 42.5 Å². The lowest BCUT2D eigenvalue weighted by Gasteiger charge is -2.02. The number of allylic oxidation sites excluding steroid dienone is 1. The third-order valence-corrected chi connectivity index (χ3v) is 4.07. The maximum Gasteiger partial charge on any atom is 0.303 e. The van der Waals surface area contributed by atoms with Gasteiger partial charge in [-0.25, -0.2) is 0 Å². The maximum atomic E-state index is 11.7. The lowest BCUT2D eigenvalue weighted by Crippen LogP contribution is -2.07. The minimum absolute atomic E-state index is 0.0749. The Bertz CT molecular complexity index is 511. The number of benzene rings is 1. The van der Waals surface area contributed by atoms with Crippen molar-refractivity contribution >= 4 is 17.6 Å². The van der Waals surface area contributed by atoms with Crippen molar-refractivity contribution in [2.24, 2.45) is 0 Å². The van der Waals surface area contributed by atoms with E-state index in [1.807, 2.05) is 36.4 Å². The van der Waals surface area contributed by atoms with Gasteiger partial charge in [-0.05, 0) is 37.5 Å². The number of nitrogens with one attached hydrogen (secondary N) is 1. The number of rotatable bonds is 14. The molecule has 1 aromatic carbocycles. The zero-order chi connectivity index (χ0) is 18.2. The minimum Gasteiger partial charge on any atom is -0.481 e. The second kappa shape index (κ2) is 14.3. The Morgan fingerprint density at radius 2 is 1.40 bits per heavy atom. The zero-order valence-corrected chi connectivity index (χ0v) is 15.1. The smallest absolute Gasteiger partial charge is 0.303 e. The molecule has 0 fully saturated rings. The number of carbonyl (C=O) groups excluding carboxylic acids is 1. The number of para-hydroxylation sites is 1. The summed E-state index contributed by atoms with van der Waals surface area (Å²) < 4.78 is 0. The van der Waals surface area contributed by atoms with E-state index in [1.165, 1.54) is 32.1 Å². The lowest BCUT2D eigenvalue weighted by molar-refractivity contribution is -0.137. The quantitative estimate of drug-likeness (QED) is 0.343. The highest BCUT2D eigenvalue weighted by atomic mass is 16.4. The lowest BCUT2D eigenvalue weighted by atomic mass is 10.1. The second-order valence-electron chi connectivity index (χ2n) is 6.37. The second-order valence-corrected chi connectivity index (χ2v) is 6.37. The molecule has 4 heteroatoms. The normalized spacial score (nSPS) is 10.9.